The smallest absolute Gasteiger partial charge is 0.143 e. The first-order chi connectivity index (χ1) is 27.4. The molecule has 0 spiro atoms. The number of benzene rings is 9. The molecule has 0 aliphatic rings. The van der Waals surface area contributed by atoms with Crippen LogP contribution in [0.4, 0.5) is 17.1 Å². The summed E-state index contributed by atoms with van der Waals surface area (Å²) in [5, 5.41) is 6.23. The Bertz CT molecular complexity index is 3120. The third kappa shape index (κ3) is 5.21. The summed E-state index contributed by atoms with van der Waals surface area (Å²) in [7, 11) is 0. The second-order valence-electron chi connectivity index (χ2n) is 13.0. The van der Waals surface area contributed by atoms with Gasteiger partial charge in [0.15, 0.2) is 0 Å². The lowest BCUT2D eigenvalue weighted by atomic mass is 9.98. The van der Waals surface area contributed by atoms with Crippen molar-refractivity contribution in [3.05, 3.63) is 200 Å². The largest absolute Gasteiger partial charge is 0.455 e. The normalized spacial score (nSPS) is 12.5. The molecule has 0 fully saturated rings. The molecule has 10 aromatic rings. The van der Waals surface area contributed by atoms with Crippen LogP contribution >= 0.6 is 0 Å². The Labute approximate surface area is 308 Å². The van der Waals surface area contributed by atoms with E-state index in [9.17, 15) is 2.74 Å². The van der Waals surface area contributed by atoms with Crippen molar-refractivity contribution in [2.45, 2.75) is 0 Å². The first-order valence-electron chi connectivity index (χ1n) is 19.4. The number of rotatable bonds is 6. The highest BCUT2D eigenvalue weighted by Gasteiger charge is 2.21. The maximum atomic E-state index is 9.66. The van der Waals surface area contributed by atoms with Gasteiger partial charge in [0.05, 0.1) is 16.6 Å². The predicted octanol–water partition coefficient (Wildman–Crippen LogP) is 14.4. The molecule has 52 heavy (non-hydrogen) atoms. The molecule has 2 nitrogen and oxygen atoms in total. The third-order valence-corrected chi connectivity index (χ3v) is 9.93. The van der Waals surface area contributed by atoms with Gasteiger partial charge in [0.25, 0.3) is 0 Å². The van der Waals surface area contributed by atoms with Gasteiger partial charge in [-0.05, 0) is 98.0 Å². The summed E-state index contributed by atoms with van der Waals surface area (Å²) in [5.41, 5.74) is 8.41. The summed E-state index contributed by atoms with van der Waals surface area (Å²) in [6, 6.07) is 58.5. The standard InChI is InChI=1S/C50H33NO/c1-2-10-34(11-3-1)41-15-8-16-44(33-41)51(47-18-9-19-48-49(47)46-31-28-39-13-6-7-17-45(39)50(46)52-48)43-29-26-37(27-30-43)36-20-22-38(23-21-36)42-25-24-35-12-4-5-14-40(35)32-42/h1-33H/i8D,15D,16D,33D. The number of fused-ring (bicyclic) bond motifs is 6. The predicted molar refractivity (Wildman–Crippen MR) is 220 cm³/mol. The second kappa shape index (κ2) is 12.5. The number of hydrogen-bond donors (Lipinski definition) is 0. The molecule has 0 unspecified atom stereocenters. The Hall–Kier alpha value is -6.90. The second-order valence-corrected chi connectivity index (χ2v) is 13.0. The number of furan rings is 1. The summed E-state index contributed by atoms with van der Waals surface area (Å²) in [5.74, 6) is 0. The van der Waals surface area contributed by atoms with Crippen LogP contribution in [0.5, 0.6) is 0 Å². The first kappa shape index (κ1) is 26.0. The van der Waals surface area contributed by atoms with Crippen LogP contribution in [0.15, 0.2) is 205 Å². The highest BCUT2D eigenvalue weighted by molar-refractivity contribution is 6.19. The molecule has 0 N–H and O–H groups in total. The van der Waals surface area contributed by atoms with Crippen LogP contribution in [0.1, 0.15) is 5.48 Å². The Morgan fingerprint density at radius 1 is 0.423 bits per heavy atom. The molecule has 0 saturated carbocycles. The molecular formula is C50H33NO. The molecule has 1 aromatic heterocycles. The van der Waals surface area contributed by atoms with E-state index in [1.54, 1.807) is 0 Å². The van der Waals surface area contributed by atoms with Crippen LogP contribution in [0.25, 0.3) is 76.9 Å². The van der Waals surface area contributed by atoms with E-state index in [2.05, 4.69) is 103 Å². The molecule has 0 atom stereocenters. The summed E-state index contributed by atoms with van der Waals surface area (Å²) in [6.07, 6.45) is 0. The number of anilines is 3. The van der Waals surface area contributed by atoms with Gasteiger partial charge in [-0.3, -0.25) is 0 Å². The number of hydrogen-bond acceptors (Lipinski definition) is 2. The fourth-order valence-electron chi connectivity index (χ4n) is 7.33. The van der Waals surface area contributed by atoms with Gasteiger partial charge < -0.3 is 9.32 Å². The molecule has 0 amide bonds. The van der Waals surface area contributed by atoms with Crippen molar-refractivity contribution >= 4 is 60.5 Å². The highest BCUT2D eigenvalue weighted by Crippen LogP contribution is 2.45. The van der Waals surface area contributed by atoms with Gasteiger partial charge in [-0.15, -0.1) is 0 Å². The summed E-state index contributed by atoms with van der Waals surface area (Å²) in [6.45, 7) is 0. The average Bonchev–Trinajstić information content (AvgIpc) is 3.65. The van der Waals surface area contributed by atoms with Crippen LogP contribution in [-0.2, 0) is 0 Å². The summed E-state index contributed by atoms with van der Waals surface area (Å²) >= 11 is 0. The maximum Gasteiger partial charge on any atom is 0.143 e. The van der Waals surface area contributed by atoms with E-state index in [1.807, 2.05) is 77.7 Å². The molecular weight excluding hydrogens is 631 g/mol. The van der Waals surface area contributed by atoms with Gasteiger partial charge in [0.2, 0.25) is 0 Å². The van der Waals surface area contributed by atoms with E-state index >= 15 is 0 Å². The van der Waals surface area contributed by atoms with Crippen molar-refractivity contribution in [1.82, 2.24) is 0 Å². The molecule has 0 radical (unpaired) electrons. The van der Waals surface area contributed by atoms with Crippen LogP contribution in [0.3, 0.4) is 0 Å². The van der Waals surface area contributed by atoms with Gasteiger partial charge in [-0.25, -0.2) is 0 Å². The quantitative estimate of drug-likeness (QED) is 0.175. The Balaban J connectivity index is 1.14. The van der Waals surface area contributed by atoms with Gasteiger partial charge >= 0.3 is 0 Å². The molecule has 0 aliphatic carbocycles. The van der Waals surface area contributed by atoms with Gasteiger partial charge in [-0.2, -0.15) is 0 Å². The van der Waals surface area contributed by atoms with E-state index in [0.717, 1.165) is 49.4 Å². The Morgan fingerprint density at radius 3 is 1.87 bits per heavy atom. The average molecular weight is 668 g/mol. The Kier molecular flexibility index (Phi) is 6.22. The zero-order chi connectivity index (χ0) is 37.9. The lowest BCUT2D eigenvalue weighted by Crippen LogP contribution is -2.10. The first-order valence-corrected chi connectivity index (χ1v) is 17.4. The van der Waals surface area contributed by atoms with E-state index in [4.69, 9.17) is 7.16 Å². The van der Waals surface area contributed by atoms with E-state index in [-0.39, 0.29) is 29.9 Å². The van der Waals surface area contributed by atoms with Crippen molar-refractivity contribution in [3.63, 3.8) is 0 Å². The minimum atomic E-state index is -0.238. The summed E-state index contributed by atoms with van der Waals surface area (Å²) < 4.78 is 43.5. The highest BCUT2D eigenvalue weighted by atomic mass is 16.3. The van der Waals surface area contributed by atoms with E-state index in [0.29, 0.717) is 28.1 Å². The molecule has 2 heteroatoms. The van der Waals surface area contributed by atoms with Crippen LogP contribution in [0, 0.1) is 0 Å². The van der Waals surface area contributed by atoms with Gasteiger partial charge in [0.1, 0.15) is 11.2 Å². The number of nitrogens with zero attached hydrogens (tertiary/aromatic N) is 1. The molecule has 1 heterocycles. The molecule has 0 bridgehead atoms. The van der Waals surface area contributed by atoms with Crippen LogP contribution in [0.2, 0.25) is 0 Å². The Morgan fingerprint density at radius 2 is 1.06 bits per heavy atom. The molecule has 0 aliphatic heterocycles. The van der Waals surface area contributed by atoms with Crippen molar-refractivity contribution in [3.8, 4) is 33.4 Å². The zero-order valence-corrected chi connectivity index (χ0v) is 28.1. The fraction of sp³-hybridized carbons (Fsp3) is 0. The van der Waals surface area contributed by atoms with Crippen LogP contribution < -0.4 is 4.90 Å². The lowest BCUT2D eigenvalue weighted by molar-refractivity contribution is 0.672. The van der Waals surface area contributed by atoms with E-state index in [1.165, 1.54) is 10.8 Å². The molecule has 9 aromatic carbocycles. The lowest BCUT2D eigenvalue weighted by Gasteiger charge is -2.27. The fourth-order valence-corrected chi connectivity index (χ4v) is 7.33. The zero-order valence-electron chi connectivity index (χ0n) is 32.1. The monoisotopic (exact) mass is 667 g/mol. The SMILES string of the molecule is [2H]c1c([2H])c(-c2ccccc2)c([2H])c(N(c2ccc(-c3ccc(-c4ccc5ccccc5c4)cc3)cc2)c2cccc3oc4c5ccccc5ccc4c23)c1[2H]. The maximum absolute atomic E-state index is 9.66. The van der Waals surface area contributed by atoms with Gasteiger partial charge in [0, 0.05) is 22.1 Å². The minimum absolute atomic E-state index is 0.00538. The third-order valence-electron chi connectivity index (χ3n) is 9.93. The topological polar surface area (TPSA) is 16.4 Å². The van der Waals surface area contributed by atoms with Gasteiger partial charge in [-0.1, -0.05) is 152 Å². The molecule has 0 saturated heterocycles. The van der Waals surface area contributed by atoms with Crippen molar-refractivity contribution in [1.29, 1.82) is 0 Å². The van der Waals surface area contributed by atoms with Crippen LogP contribution in [-0.4, -0.2) is 0 Å². The van der Waals surface area contributed by atoms with Crippen molar-refractivity contribution in [2.24, 2.45) is 0 Å². The molecule has 10 rings (SSSR count). The molecule has 244 valence electrons. The summed E-state index contributed by atoms with van der Waals surface area (Å²) in [4.78, 5) is 1.90. The minimum Gasteiger partial charge on any atom is -0.455 e. The van der Waals surface area contributed by atoms with Crippen molar-refractivity contribution < 1.29 is 9.90 Å². The van der Waals surface area contributed by atoms with E-state index < -0.39 is 0 Å². The van der Waals surface area contributed by atoms with Crippen molar-refractivity contribution in [2.75, 3.05) is 4.90 Å².